The normalized spacial score (nSPS) is 12.8. The van der Waals surface area contributed by atoms with Gasteiger partial charge in [0, 0.05) is 6.07 Å². The number of halogens is 3. The molecule has 1 unspecified atom stereocenters. The van der Waals surface area contributed by atoms with Crippen molar-refractivity contribution in [3.05, 3.63) is 33.9 Å². The van der Waals surface area contributed by atoms with Crippen molar-refractivity contribution in [3.8, 4) is 5.75 Å². The number of benzene rings is 1. The molecule has 1 aromatic rings. The molecule has 0 radical (unpaired) electrons. The van der Waals surface area contributed by atoms with Crippen LogP contribution in [0.1, 0.15) is 18.9 Å². The number of carbonyl (C=O) groups is 1. The van der Waals surface area contributed by atoms with Crippen molar-refractivity contribution in [2.75, 3.05) is 0 Å². The van der Waals surface area contributed by atoms with E-state index in [1.807, 2.05) is 0 Å². The number of ether oxygens (including phenoxy) is 1. The van der Waals surface area contributed by atoms with E-state index < -0.39 is 41.0 Å². The quantitative estimate of drug-likeness (QED) is 0.644. The number of nitro benzene ring substituents is 1. The largest absolute Gasteiger partial charge is 0.481 e. The number of carboxylic acid groups (broad SMARTS) is 1. The Morgan fingerprint density at radius 2 is 2.10 bits per heavy atom. The van der Waals surface area contributed by atoms with Crippen molar-refractivity contribution < 1.29 is 32.7 Å². The fraction of sp³-hybridized carbons (Fsp3) is 0.417. The van der Waals surface area contributed by atoms with Crippen LogP contribution in [0.2, 0.25) is 0 Å². The smallest absolute Gasteiger partial charge is 0.426 e. The second-order valence-corrected chi connectivity index (χ2v) is 4.16. The SMILES string of the molecule is CCc1ccc(OC(CC(=O)O)C(F)(F)F)c([N+](=O)[O-])c1. The molecule has 0 aliphatic rings. The van der Waals surface area contributed by atoms with Crippen LogP contribution in [-0.4, -0.2) is 28.3 Å². The Bertz CT molecular complexity index is 544. The number of aryl methyl sites for hydroxylation is 1. The van der Waals surface area contributed by atoms with Crippen LogP contribution in [0.25, 0.3) is 0 Å². The highest BCUT2D eigenvalue weighted by molar-refractivity contribution is 5.67. The number of carboxylic acids is 1. The molecule has 1 atom stereocenters. The molecule has 1 rings (SSSR count). The fourth-order valence-electron chi connectivity index (χ4n) is 1.56. The first-order chi connectivity index (χ1) is 9.65. The summed E-state index contributed by atoms with van der Waals surface area (Å²) in [5.74, 6) is -2.33. The zero-order chi connectivity index (χ0) is 16.2. The van der Waals surface area contributed by atoms with E-state index in [2.05, 4.69) is 4.74 Å². The van der Waals surface area contributed by atoms with Crippen LogP contribution in [0.4, 0.5) is 18.9 Å². The zero-order valence-corrected chi connectivity index (χ0v) is 10.9. The number of hydrogen-bond donors (Lipinski definition) is 1. The second-order valence-electron chi connectivity index (χ2n) is 4.16. The molecule has 0 bridgehead atoms. The Morgan fingerprint density at radius 3 is 2.52 bits per heavy atom. The molecule has 0 aliphatic carbocycles. The fourth-order valence-corrected chi connectivity index (χ4v) is 1.56. The molecule has 1 N–H and O–H groups in total. The first-order valence-corrected chi connectivity index (χ1v) is 5.87. The van der Waals surface area contributed by atoms with E-state index in [4.69, 9.17) is 5.11 Å². The summed E-state index contributed by atoms with van der Waals surface area (Å²) >= 11 is 0. The summed E-state index contributed by atoms with van der Waals surface area (Å²) < 4.78 is 42.6. The summed E-state index contributed by atoms with van der Waals surface area (Å²) in [5.41, 5.74) is -0.0789. The van der Waals surface area contributed by atoms with Crippen molar-refractivity contribution in [2.24, 2.45) is 0 Å². The molecule has 21 heavy (non-hydrogen) atoms. The van der Waals surface area contributed by atoms with E-state index in [9.17, 15) is 28.1 Å². The van der Waals surface area contributed by atoms with Crippen LogP contribution in [0.3, 0.4) is 0 Å². The maximum atomic E-state index is 12.7. The van der Waals surface area contributed by atoms with Crippen LogP contribution in [0.15, 0.2) is 18.2 Å². The summed E-state index contributed by atoms with van der Waals surface area (Å²) in [6, 6.07) is 3.53. The van der Waals surface area contributed by atoms with Gasteiger partial charge in [0.05, 0.1) is 11.3 Å². The van der Waals surface area contributed by atoms with Gasteiger partial charge >= 0.3 is 17.8 Å². The minimum Gasteiger partial charge on any atom is -0.481 e. The van der Waals surface area contributed by atoms with Gasteiger partial charge in [0.1, 0.15) is 0 Å². The molecule has 0 saturated carbocycles. The molecule has 116 valence electrons. The highest BCUT2D eigenvalue weighted by atomic mass is 19.4. The first kappa shape index (κ1) is 16.7. The average molecular weight is 307 g/mol. The molecule has 6 nitrogen and oxygen atoms in total. The maximum absolute atomic E-state index is 12.7. The minimum absolute atomic E-state index is 0.457. The lowest BCUT2D eigenvalue weighted by Gasteiger charge is -2.20. The van der Waals surface area contributed by atoms with Crippen molar-refractivity contribution in [3.63, 3.8) is 0 Å². The third kappa shape index (κ3) is 4.62. The van der Waals surface area contributed by atoms with E-state index in [1.54, 1.807) is 6.92 Å². The van der Waals surface area contributed by atoms with E-state index in [0.29, 0.717) is 12.0 Å². The van der Waals surface area contributed by atoms with Crippen LogP contribution < -0.4 is 4.74 Å². The van der Waals surface area contributed by atoms with Gasteiger partial charge < -0.3 is 9.84 Å². The van der Waals surface area contributed by atoms with Crippen molar-refractivity contribution in [2.45, 2.75) is 32.0 Å². The van der Waals surface area contributed by atoms with Gasteiger partial charge in [0.2, 0.25) is 6.10 Å². The Kier molecular flexibility index (Phi) is 5.12. The Morgan fingerprint density at radius 1 is 1.48 bits per heavy atom. The van der Waals surface area contributed by atoms with E-state index >= 15 is 0 Å². The second kappa shape index (κ2) is 6.42. The van der Waals surface area contributed by atoms with Gasteiger partial charge in [-0.25, -0.2) is 0 Å². The molecule has 1 aromatic carbocycles. The van der Waals surface area contributed by atoms with Gasteiger partial charge in [-0.2, -0.15) is 13.2 Å². The number of nitrogens with zero attached hydrogens (tertiary/aromatic N) is 1. The van der Waals surface area contributed by atoms with E-state index in [1.165, 1.54) is 6.07 Å². The Balaban J connectivity index is 3.14. The number of rotatable bonds is 6. The van der Waals surface area contributed by atoms with Gasteiger partial charge in [-0.15, -0.1) is 0 Å². The van der Waals surface area contributed by atoms with Gasteiger partial charge in [0.15, 0.2) is 5.75 Å². The number of hydrogen-bond acceptors (Lipinski definition) is 4. The zero-order valence-electron chi connectivity index (χ0n) is 10.9. The van der Waals surface area contributed by atoms with Crippen molar-refractivity contribution >= 4 is 11.7 Å². The van der Waals surface area contributed by atoms with Crippen LogP contribution in [0.5, 0.6) is 5.75 Å². The van der Waals surface area contributed by atoms with Gasteiger partial charge in [-0.1, -0.05) is 13.0 Å². The molecule has 0 saturated heterocycles. The molecule has 9 heteroatoms. The lowest BCUT2D eigenvalue weighted by Crippen LogP contribution is -2.36. The summed E-state index contributed by atoms with van der Waals surface area (Å²) in [6.07, 6.45) is -8.48. The molecule has 0 amide bonds. The summed E-state index contributed by atoms with van der Waals surface area (Å²) in [6.45, 7) is 1.72. The average Bonchev–Trinajstić information content (AvgIpc) is 2.36. The van der Waals surface area contributed by atoms with Crippen molar-refractivity contribution in [1.29, 1.82) is 0 Å². The number of nitro groups is 1. The number of alkyl halides is 3. The Hall–Kier alpha value is -2.32. The first-order valence-electron chi connectivity index (χ1n) is 5.87. The predicted octanol–water partition coefficient (Wildman–Crippen LogP) is 2.94. The molecule has 0 aromatic heterocycles. The summed E-state index contributed by atoms with van der Waals surface area (Å²) in [7, 11) is 0. The highest BCUT2D eigenvalue weighted by Gasteiger charge is 2.44. The molecule has 0 heterocycles. The van der Waals surface area contributed by atoms with Crippen LogP contribution in [-0.2, 0) is 11.2 Å². The summed E-state index contributed by atoms with van der Waals surface area (Å²) in [4.78, 5) is 20.5. The monoisotopic (exact) mass is 307 g/mol. The molecular weight excluding hydrogens is 295 g/mol. The lowest BCUT2D eigenvalue weighted by atomic mass is 10.1. The Labute approximate surface area is 117 Å². The van der Waals surface area contributed by atoms with E-state index in [0.717, 1.165) is 12.1 Å². The van der Waals surface area contributed by atoms with Gasteiger partial charge in [-0.3, -0.25) is 14.9 Å². The number of aliphatic carboxylic acids is 1. The van der Waals surface area contributed by atoms with Crippen LogP contribution >= 0.6 is 0 Å². The highest BCUT2D eigenvalue weighted by Crippen LogP contribution is 2.33. The van der Waals surface area contributed by atoms with Gasteiger partial charge in [0.25, 0.3) is 0 Å². The summed E-state index contributed by atoms with van der Waals surface area (Å²) in [5, 5.41) is 19.3. The third-order valence-electron chi connectivity index (χ3n) is 2.62. The molecule has 0 aliphatic heterocycles. The molecule has 0 spiro atoms. The predicted molar refractivity (Wildman–Crippen MR) is 65.2 cm³/mol. The lowest BCUT2D eigenvalue weighted by molar-refractivity contribution is -0.386. The topological polar surface area (TPSA) is 89.7 Å². The minimum atomic E-state index is -4.95. The van der Waals surface area contributed by atoms with Gasteiger partial charge in [-0.05, 0) is 18.1 Å². The standard InChI is InChI=1S/C12H12F3NO5/c1-2-7-3-4-9(8(5-7)16(19)20)21-10(6-11(17)18)12(13,14)15/h3-5,10H,2,6H2,1H3,(H,17,18). The van der Waals surface area contributed by atoms with Crippen molar-refractivity contribution in [1.82, 2.24) is 0 Å². The molecule has 0 fully saturated rings. The third-order valence-corrected chi connectivity index (χ3v) is 2.62. The molecular formula is C12H12F3NO5. The van der Waals surface area contributed by atoms with E-state index in [-0.39, 0.29) is 0 Å². The van der Waals surface area contributed by atoms with Crippen LogP contribution in [0, 0.1) is 10.1 Å². The maximum Gasteiger partial charge on any atom is 0.426 e.